The van der Waals surface area contributed by atoms with Crippen LogP contribution in [0.4, 0.5) is 5.69 Å². The molecule has 1 aromatic carbocycles. The lowest BCUT2D eigenvalue weighted by Crippen LogP contribution is -2.16. The number of aromatic amines is 1. The van der Waals surface area contributed by atoms with Crippen molar-refractivity contribution in [1.82, 2.24) is 15.0 Å². The molecule has 0 aliphatic heterocycles. The minimum atomic E-state index is -0.257. The largest absolute Gasteiger partial charge is 0.495 e. The molecule has 0 unspecified atom stereocenters. The highest BCUT2D eigenvalue weighted by molar-refractivity contribution is 7.99. The van der Waals surface area contributed by atoms with Gasteiger partial charge in [-0.3, -0.25) is 9.59 Å². The number of rotatable bonds is 5. The normalized spacial score (nSPS) is 10.7. The summed E-state index contributed by atoms with van der Waals surface area (Å²) >= 11 is 1.14. The number of amides is 1. The molecule has 2 N–H and O–H groups in total. The Labute approximate surface area is 154 Å². The first-order valence-corrected chi connectivity index (χ1v) is 8.90. The van der Waals surface area contributed by atoms with E-state index in [2.05, 4.69) is 20.3 Å². The summed E-state index contributed by atoms with van der Waals surface area (Å²) in [6.07, 6.45) is 0. The standard InChI is InChI=1S/C18H18N4O3S/c1-10-8-11(2)19-16-15(10)17(24)22-18(21-16)26-9-14(23)20-12-6-4-5-7-13(12)25-3/h4-8H,9H2,1-3H3,(H,20,23)(H,19,21,22,24). The maximum atomic E-state index is 12.3. The first-order chi connectivity index (χ1) is 12.5. The highest BCUT2D eigenvalue weighted by Gasteiger charge is 2.12. The van der Waals surface area contributed by atoms with Crippen LogP contribution in [0.3, 0.4) is 0 Å². The van der Waals surface area contributed by atoms with Crippen molar-refractivity contribution < 1.29 is 9.53 Å². The van der Waals surface area contributed by atoms with E-state index in [1.54, 1.807) is 19.2 Å². The number of aryl methyl sites for hydroxylation is 2. The summed E-state index contributed by atoms with van der Waals surface area (Å²) in [5.41, 5.74) is 2.34. The van der Waals surface area contributed by atoms with Gasteiger partial charge in [0, 0.05) is 5.69 Å². The molecule has 0 fully saturated rings. The van der Waals surface area contributed by atoms with E-state index < -0.39 is 0 Å². The van der Waals surface area contributed by atoms with Gasteiger partial charge in [0.2, 0.25) is 5.91 Å². The van der Waals surface area contributed by atoms with E-state index in [0.29, 0.717) is 27.6 Å². The molecule has 0 saturated carbocycles. The van der Waals surface area contributed by atoms with Gasteiger partial charge in [-0.2, -0.15) is 0 Å². The second kappa shape index (κ2) is 7.57. The number of nitrogens with one attached hydrogen (secondary N) is 2. The van der Waals surface area contributed by atoms with Gasteiger partial charge >= 0.3 is 0 Å². The Morgan fingerprint density at radius 2 is 2.04 bits per heavy atom. The van der Waals surface area contributed by atoms with Gasteiger partial charge in [0.1, 0.15) is 5.75 Å². The lowest BCUT2D eigenvalue weighted by Gasteiger charge is -2.09. The Hall–Kier alpha value is -2.87. The third-order valence-corrected chi connectivity index (χ3v) is 4.57. The van der Waals surface area contributed by atoms with E-state index in [0.717, 1.165) is 23.0 Å². The first-order valence-electron chi connectivity index (χ1n) is 7.92. The molecule has 3 rings (SSSR count). The van der Waals surface area contributed by atoms with Gasteiger partial charge in [-0.05, 0) is 37.6 Å². The SMILES string of the molecule is COc1ccccc1NC(=O)CSc1nc2nc(C)cc(C)c2c(=O)[nH]1. The third-order valence-electron chi connectivity index (χ3n) is 3.70. The number of thioether (sulfide) groups is 1. The highest BCUT2D eigenvalue weighted by atomic mass is 32.2. The number of benzene rings is 1. The predicted molar refractivity (Wildman–Crippen MR) is 102 cm³/mol. The molecule has 0 spiro atoms. The van der Waals surface area contributed by atoms with Crippen LogP contribution in [0.1, 0.15) is 11.3 Å². The molecule has 0 atom stereocenters. The molecule has 8 heteroatoms. The summed E-state index contributed by atoms with van der Waals surface area (Å²) in [6, 6.07) is 9.00. The fourth-order valence-electron chi connectivity index (χ4n) is 2.60. The van der Waals surface area contributed by atoms with Crippen LogP contribution in [0, 0.1) is 13.8 Å². The van der Waals surface area contributed by atoms with Crippen LogP contribution in [-0.4, -0.2) is 33.7 Å². The number of carbonyl (C=O) groups excluding carboxylic acids is 1. The van der Waals surface area contributed by atoms with Crippen molar-refractivity contribution in [3.63, 3.8) is 0 Å². The second-order valence-electron chi connectivity index (χ2n) is 5.69. The molecule has 0 radical (unpaired) electrons. The monoisotopic (exact) mass is 370 g/mol. The van der Waals surface area contributed by atoms with Crippen molar-refractivity contribution in [3.05, 3.63) is 51.9 Å². The van der Waals surface area contributed by atoms with E-state index in [-0.39, 0.29) is 17.2 Å². The molecule has 0 aliphatic carbocycles. The summed E-state index contributed by atoms with van der Waals surface area (Å²) in [4.78, 5) is 35.9. The van der Waals surface area contributed by atoms with Crippen LogP contribution in [0.25, 0.3) is 11.0 Å². The summed E-state index contributed by atoms with van der Waals surface area (Å²) in [7, 11) is 1.54. The topological polar surface area (TPSA) is 97.0 Å². The molecule has 1 amide bonds. The number of fused-ring (bicyclic) bond motifs is 1. The quantitative estimate of drug-likeness (QED) is 0.529. The highest BCUT2D eigenvalue weighted by Crippen LogP contribution is 2.23. The van der Waals surface area contributed by atoms with Crippen molar-refractivity contribution >= 4 is 34.4 Å². The number of pyridine rings is 1. The van der Waals surface area contributed by atoms with Crippen LogP contribution >= 0.6 is 11.8 Å². The van der Waals surface area contributed by atoms with Crippen molar-refractivity contribution in [2.24, 2.45) is 0 Å². The van der Waals surface area contributed by atoms with Crippen molar-refractivity contribution in [2.45, 2.75) is 19.0 Å². The number of anilines is 1. The number of carbonyl (C=O) groups is 1. The number of para-hydroxylation sites is 2. The van der Waals surface area contributed by atoms with Crippen molar-refractivity contribution in [2.75, 3.05) is 18.2 Å². The lowest BCUT2D eigenvalue weighted by molar-refractivity contribution is -0.113. The average Bonchev–Trinajstić information content (AvgIpc) is 2.59. The molecule has 7 nitrogen and oxygen atoms in total. The van der Waals surface area contributed by atoms with Gasteiger partial charge in [0.25, 0.3) is 5.56 Å². The van der Waals surface area contributed by atoms with Gasteiger partial charge in [0.05, 0.1) is 23.9 Å². The van der Waals surface area contributed by atoms with Crippen molar-refractivity contribution in [3.8, 4) is 5.75 Å². The maximum absolute atomic E-state index is 12.3. The lowest BCUT2D eigenvalue weighted by atomic mass is 10.2. The Bertz CT molecular complexity index is 1030. The zero-order valence-corrected chi connectivity index (χ0v) is 15.4. The number of ether oxygens (including phenoxy) is 1. The number of nitrogens with zero attached hydrogens (tertiary/aromatic N) is 2. The van der Waals surface area contributed by atoms with Crippen LogP contribution in [0.2, 0.25) is 0 Å². The zero-order valence-electron chi connectivity index (χ0n) is 14.6. The number of aromatic nitrogens is 3. The van der Waals surface area contributed by atoms with Crippen LogP contribution in [-0.2, 0) is 4.79 Å². The Morgan fingerprint density at radius 1 is 1.27 bits per heavy atom. The number of methoxy groups -OCH3 is 1. The zero-order chi connectivity index (χ0) is 18.7. The molecule has 134 valence electrons. The maximum Gasteiger partial charge on any atom is 0.261 e. The molecular formula is C18H18N4O3S. The smallest absolute Gasteiger partial charge is 0.261 e. The fraction of sp³-hybridized carbons (Fsp3) is 0.222. The van der Waals surface area contributed by atoms with Gasteiger partial charge in [-0.15, -0.1) is 0 Å². The van der Waals surface area contributed by atoms with Crippen LogP contribution in [0.5, 0.6) is 5.75 Å². The fourth-order valence-corrected chi connectivity index (χ4v) is 3.25. The average molecular weight is 370 g/mol. The minimum Gasteiger partial charge on any atom is -0.495 e. The number of H-pyrrole nitrogens is 1. The molecule has 2 heterocycles. The Kier molecular flexibility index (Phi) is 5.22. The molecule has 26 heavy (non-hydrogen) atoms. The summed E-state index contributed by atoms with van der Waals surface area (Å²) < 4.78 is 5.21. The molecule has 0 bridgehead atoms. The van der Waals surface area contributed by atoms with E-state index in [4.69, 9.17) is 4.74 Å². The van der Waals surface area contributed by atoms with E-state index in [1.807, 2.05) is 32.0 Å². The second-order valence-corrected chi connectivity index (χ2v) is 6.65. The van der Waals surface area contributed by atoms with E-state index in [1.165, 1.54) is 0 Å². The van der Waals surface area contributed by atoms with Crippen LogP contribution < -0.4 is 15.6 Å². The van der Waals surface area contributed by atoms with E-state index in [9.17, 15) is 9.59 Å². The van der Waals surface area contributed by atoms with Crippen molar-refractivity contribution in [1.29, 1.82) is 0 Å². The van der Waals surface area contributed by atoms with E-state index >= 15 is 0 Å². The van der Waals surface area contributed by atoms with Gasteiger partial charge in [0.15, 0.2) is 10.8 Å². The predicted octanol–water partition coefficient (Wildman–Crippen LogP) is 2.67. The third kappa shape index (κ3) is 3.85. The first kappa shape index (κ1) is 17.9. The summed E-state index contributed by atoms with van der Waals surface area (Å²) in [6.45, 7) is 3.70. The molecule has 2 aromatic heterocycles. The number of hydrogen-bond donors (Lipinski definition) is 2. The van der Waals surface area contributed by atoms with Crippen LogP contribution in [0.15, 0.2) is 40.3 Å². The number of hydrogen-bond acceptors (Lipinski definition) is 6. The summed E-state index contributed by atoms with van der Waals surface area (Å²) in [5, 5.41) is 3.61. The van der Waals surface area contributed by atoms with Gasteiger partial charge < -0.3 is 15.0 Å². The molecule has 0 aliphatic rings. The molecular weight excluding hydrogens is 352 g/mol. The minimum absolute atomic E-state index is 0.0945. The summed E-state index contributed by atoms with van der Waals surface area (Å²) in [5.74, 6) is 0.450. The molecule has 3 aromatic rings. The van der Waals surface area contributed by atoms with Gasteiger partial charge in [-0.25, -0.2) is 9.97 Å². The molecule has 0 saturated heterocycles. The Morgan fingerprint density at radius 3 is 2.81 bits per heavy atom. The Balaban J connectivity index is 1.75. The van der Waals surface area contributed by atoms with Gasteiger partial charge in [-0.1, -0.05) is 23.9 Å².